The first-order chi connectivity index (χ1) is 19.3. The van der Waals surface area contributed by atoms with Crippen LogP contribution >= 0.6 is 0 Å². The summed E-state index contributed by atoms with van der Waals surface area (Å²) in [5, 5.41) is 22.5. The van der Waals surface area contributed by atoms with Gasteiger partial charge in [-0.25, -0.2) is 0 Å². The Hall–Kier alpha value is -3.78. The molecule has 2 aromatic carbocycles. The quantitative estimate of drug-likeness (QED) is 0.513. The monoisotopic (exact) mass is 558 g/mol. The number of aromatic hydroxyl groups is 1. The van der Waals surface area contributed by atoms with Gasteiger partial charge in [-0.15, -0.1) is 0 Å². The molecule has 3 aliphatic carbocycles. The summed E-state index contributed by atoms with van der Waals surface area (Å²) in [6.07, 6.45) is 1.04. The lowest BCUT2D eigenvalue weighted by atomic mass is 9.49. The van der Waals surface area contributed by atoms with Gasteiger partial charge in [-0.2, -0.15) is 0 Å². The van der Waals surface area contributed by atoms with Gasteiger partial charge in [0.15, 0.2) is 28.7 Å². The number of hydrogen-bond acceptors (Lipinski definition) is 8. The van der Waals surface area contributed by atoms with Crippen molar-refractivity contribution in [3.63, 3.8) is 0 Å². The molecule has 2 aromatic rings. The second kappa shape index (κ2) is 10.2. The van der Waals surface area contributed by atoms with Crippen LogP contribution in [0.2, 0.25) is 0 Å². The molecule has 2 fully saturated rings. The largest absolute Gasteiger partial charge is 0.507 e. The molecule has 3 aliphatic rings. The van der Waals surface area contributed by atoms with Crippen LogP contribution < -0.4 is 0 Å². The minimum Gasteiger partial charge on any atom is -0.507 e. The van der Waals surface area contributed by atoms with Gasteiger partial charge in [-0.1, -0.05) is 51.1 Å². The van der Waals surface area contributed by atoms with Crippen LogP contribution in [-0.2, 0) is 36.8 Å². The standard InChI is InChI=1S/C33H34O8/c1-5-20(35)12-17-6-8-18(9-7-17)21-10-11-24(36)28-22(21)13-19-14-23-25(15(2)3)29(37)26(16(4)34)31(39)33(23,41)32(40)27(19)30(28)38/h6-11,15,19,23,25-27,36,41H,5,12-14H2,1-4H3. The number of ketones is 6. The summed E-state index contributed by atoms with van der Waals surface area (Å²) < 4.78 is 0. The third-order valence-electron chi connectivity index (χ3n) is 9.38. The zero-order valence-electron chi connectivity index (χ0n) is 23.6. The third kappa shape index (κ3) is 4.31. The molecule has 0 bridgehead atoms. The average Bonchev–Trinajstić information content (AvgIpc) is 2.91. The van der Waals surface area contributed by atoms with Gasteiger partial charge in [0.05, 0.1) is 11.5 Å². The Labute approximate surface area is 238 Å². The third-order valence-corrected chi connectivity index (χ3v) is 9.38. The van der Waals surface area contributed by atoms with Gasteiger partial charge < -0.3 is 10.2 Å². The molecule has 0 saturated heterocycles. The molecule has 0 heterocycles. The van der Waals surface area contributed by atoms with Crippen molar-refractivity contribution in [3.05, 3.63) is 53.1 Å². The number of carbonyl (C=O) groups excluding carboxylic acids is 6. The van der Waals surface area contributed by atoms with E-state index in [2.05, 4.69) is 0 Å². The van der Waals surface area contributed by atoms with Crippen LogP contribution in [0.1, 0.15) is 62.0 Å². The van der Waals surface area contributed by atoms with Gasteiger partial charge in [0.1, 0.15) is 23.2 Å². The predicted molar refractivity (Wildman–Crippen MR) is 148 cm³/mol. The lowest BCUT2D eigenvalue weighted by Gasteiger charge is -2.52. The normalized spacial score (nSPS) is 29.2. The SMILES string of the molecule is CCC(=O)Cc1ccc(-c2ccc(O)c3c2CC2CC4C(C(C)C)C(=O)C(C(C)=O)C(=O)C4(O)C(=O)C2C3=O)cc1. The minimum atomic E-state index is -2.63. The summed E-state index contributed by atoms with van der Waals surface area (Å²) >= 11 is 0. The summed E-state index contributed by atoms with van der Waals surface area (Å²) in [5.41, 5.74) is 0.226. The highest BCUT2D eigenvalue weighted by molar-refractivity contribution is 6.32. The molecule has 0 aliphatic heterocycles. The molecule has 5 rings (SSSR count). The highest BCUT2D eigenvalue weighted by atomic mass is 16.3. The molecule has 6 unspecified atom stereocenters. The first-order valence-corrected chi connectivity index (χ1v) is 14.2. The molecule has 0 aromatic heterocycles. The Bertz CT molecular complexity index is 1500. The number of aliphatic hydroxyl groups is 1. The molecule has 6 atom stereocenters. The summed E-state index contributed by atoms with van der Waals surface area (Å²) in [5.74, 6) is -10.4. The molecule has 2 saturated carbocycles. The van der Waals surface area contributed by atoms with Gasteiger partial charge in [-0.3, -0.25) is 28.8 Å². The predicted octanol–water partition coefficient (Wildman–Crippen LogP) is 3.50. The fourth-order valence-corrected chi connectivity index (χ4v) is 7.40. The first kappa shape index (κ1) is 28.7. The van der Waals surface area contributed by atoms with Gasteiger partial charge >= 0.3 is 0 Å². The first-order valence-electron chi connectivity index (χ1n) is 14.2. The number of phenolic OH excluding ortho intramolecular Hbond substituents is 1. The fourth-order valence-electron chi connectivity index (χ4n) is 7.40. The van der Waals surface area contributed by atoms with Crippen molar-refractivity contribution in [2.45, 2.75) is 59.0 Å². The lowest BCUT2D eigenvalue weighted by Crippen LogP contribution is -2.70. The van der Waals surface area contributed by atoms with E-state index in [0.29, 0.717) is 24.0 Å². The zero-order chi connectivity index (χ0) is 30.0. The van der Waals surface area contributed by atoms with E-state index in [1.165, 1.54) is 6.07 Å². The Morgan fingerprint density at radius 1 is 1.00 bits per heavy atom. The van der Waals surface area contributed by atoms with E-state index < -0.39 is 64.1 Å². The Morgan fingerprint density at radius 3 is 2.24 bits per heavy atom. The van der Waals surface area contributed by atoms with Crippen molar-refractivity contribution in [3.8, 4) is 16.9 Å². The zero-order valence-corrected chi connectivity index (χ0v) is 23.6. The van der Waals surface area contributed by atoms with E-state index in [1.807, 2.05) is 31.2 Å². The van der Waals surface area contributed by atoms with Gasteiger partial charge in [-0.05, 0) is 59.9 Å². The summed E-state index contributed by atoms with van der Waals surface area (Å²) in [6.45, 7) is 6.40. The molecular formula is C33H34O8. The maximum atomic E-state index is 14.0. The van der Waals surface area contributed by atoms with Crippen LogP contribution in [0.4, 0.5) is 0 Å². The second-order valence-corrected chi connectivity index (χ2v) is 12.1. The summed E-state index contributed by atoms with van der Waals surface area (Å²) in [7, 11) is 0. The molecule has 8 heteroatoms. The van der Waals surface area contributed by atoms with Crippen molar-refractivity contribution in [1.29, 1.82) is 0 Å². The summed E-state index contributed by atoms with van der Waals surface area (Å²) in [4.78, 5) is 78.9. The molecular weight excluding hydrogens is 524 g/mol. The van der Waals surface area contributed by atoms with Crippen molar-refractivity contribution in [2.24, 2.45) is 35.5 Å². The molecule has 0 spiro atoms. The van der Waals surface area contributed by atoms with Crippen LogP contribution in [0.3, 0.4) is 0 Å². The number of Topliss-reactive ketones (excluding diaryl/α,β-unsaturated/α-hetero) is 6. The van der Waals surface area contributed by atoms with E-state index in [4.69, 9.17) is 0 Å². The van der Waals surface area contributed by atoms with Crippen molar-refractivity contribution < 1.29 is 39.0 Å². The lowest BCUT2D eigenvalue weighted by molar-refractivity contribution is -0.182. The topological polar surface area (TPSA) is 143 Å². The second-order valence-electron chi connectivity index (χ2n) is 12.1. The highest BCUT2D eigenvalue weighted by Crippen LogP contribution is 2.53. The van der Waals surface area contributed by atoms with E-state index in [0.717, 1.165) is 18.1 Å². The number of fused-ring (bicyclic) bond motifs is 3. The summed E-state index contributed by atoms with van der Waals surface area (Å²) in [6, 6.07) is 10.5. The van der Waals surface area contributed by atoms with E-state index in [-0.39, 0.29) is 35.9 Å². The minimum absolute atomic E-state index is 0.0211. The van der Waals surface area contributed by atoms with E-state index >= 15 is 0 Å². The molecule has 2 N–H and O–H groups in total. The highest BCUT2D eigenvalue weighted by Gasteiger charge is 2.68. The smallest absolute Gasteiger partial charge is 0.190 e. The van der Waals surface area contributed by atoms with Crippen molar-refractivity contribution >= 4 is 34.7 Å². The van der Waals surface area contributed by atoms with Crippen LogP contribution in [-0.4, -0.2) is 50.5 Å². The van der Waals surface area contributed by atoms with Gasteiger partial charge in [0.2, 0.25) is 0 Å². The van der Waals surface area contributed by atoms with E-state index in [9.17, 15) is 39.0 Å². The molecule has 8 nitrogen and oxygen atoms in total. The van der Waals surface area contributed by atoms with Crippen LogP contribution in [0.5, 0.6) is 5.75 Å². The van der Waals surface area contributed by atoms with Crippen LogP contribution in [0, 0.1) is 35.5 Å². The fraction of sp³-hybridized carbons (Fsp3) is 0.455. The number of hydrogen-bond donors (Lipinski definition) is 2. The van der Waals surface area contributed by atoms with Crippen molar-refractivity contribution in [1.82, 2.24) is 0 Å². The number of carbonyl (C=O) groups is 6. The van der Waals surface area contributed by atoms with Crippen LogP contribution in [0.25, 0.3) is 11.1 Å². The number of rotatable bonds is 6. The van der Waals surface area contributed by atoms with Gasteiger partial charge in [0, 0.05) is 24.7 Å². The molecule has 214 valence electrons. The average molecular weight is 559 g/mol. The molecule has 0 radical (unpaired) electrons. The van der Waals surface area contributed by atoms with Gasteiger partial charge in [0.25, 0.3) is 0 Å². The van der Waals surface area contributed by atoms with Crippen molar-refractivity contribution in [2.75, 3.05) is 0 Å². The number of phenols is 1. The Balaban J connectivity index is 1.59. The maximum absolute atomic E-state index is 14.0. The van der Waals surface area contributed by atoms with E-state index in [1.54, 1.807) is 19.9 Å². The Morgan fingerprint density at radius 2 is 1.66 bits per heavy atom. The number of benzene rings is 2. The maximum Gasteiger partial charge on any atom is 0.190 e. The van der Waals surface area contributed by atoms with Crippen LogP contribution in [0.15, 0.2) is 36.4 Å². The molecule has 0 amide bonds. The molecule has 41 heavy (non-hydrogen) atoms. The Kier molecular flexibility index (Phi) is 7.18.